The Bertz CT molecular complexity index is 914. The van der Waals surface area contributed by atoms with Crippen LogP contribution in [0.15, 0.2) is 60.9 Å². The van der Waals surface area contributed by atoms with Crippen LogP contribution >= 0.6 is 0 Å². The number of hydrogen-bond acceptors (Lipinski definition) is 5. The van der Waals surface area contributed by atoms with Crippen LogP contribution in [-0.4, -0.2) is 28.2 Å². The summed E-state index contributed by atoms with van der Waals surface area (Å²) < 4.78 is 5.24. The second-order valence-corrected chi connectivity index (χ2v) is 5.92. The van der Waals surface area contributed by atoms with Crippen molar-refractivity contribution in [2.24, 2.45) is 0 Å². The van der Waals surface area contributed by atoms with E-state index in [2.05, 4.69) is 20.6 Å². The van der Waals surface area contributed by atoms with Crippen LogP contribution in [0.1, 0.15) is 22.9 Å². The number of aliphatic hydroxyl groups is 1. The average Bonchev–Trinajstić information content (AvgIpc) is 2.69. The Morgan fingerprint density at radius 1 is 1.07 bits per heavy atom. The van der Waals surface area contributed by atoms with E-state index < -0.39 is 12.1 Å². The maximum atomic E-state index is 12.2. The number of aromatic nitrogens is 2. The summed E-state index contributed by atoms with van der Waals surface area (Å²) in [4.78, 5) is 20.5. The third kappa shape index (κ3) is 4.59. The van der Waals surface area contributed by atoms with Crippen LogP contribution in [0.2, 0.25) is 0 Å². The highest BCUT2D eigenvalue weighted by Crippen LogP contribution is 2.25. The number of nitrogens with zero attached hydrogens (tertiary/aromatic N) is 2. The molecule has 7 heteroatoms. The van der Waals surface area contributed by atoms with Gasteiger partial charge in [-0.05, 0) is 30.2 Å². The molecule has 0 aliphatic rings. The molecule has 0 spiro atoms. The standard InChI is InChI=1S/C20H20N4O3/c1-13-8-9-17(27-2)15(10-13)23-20(26)24-18-12-21-16(11-22-18)19(25)14-6-4-3-5-7-14/h3-12,19,25H,1-2H3,(H2,22,23,24,26). The highest BCUT2D eigenvalue weighted by molar-refractivity contribution is 6.00. The van der Waals surface area contributed by atoms with Gasteiger partial charge < -0.3 is 15.2 Å². The Hall–Kier alpha value is -3.45. The Balaban J connectivity index is 1.66. The SMILES string of the molecule is COc1ccc(C)cc1NC(=O)Nc1cnc(C(O)c2ccccc2)cn1. The molecule has 3 N–H and O–H groups in total. The van der Waals surface area contributed by atoms with E-state index in [0.29, 0.717) is 17.1 Å². The van der Waals surface area contributed by atoms with Crippen LogP contribution in [-0.2, 0) is 0 Å². The molecule has 0 fully saturated rings. The lowest BCUT2D eigenvalue weighted by atomic mass is 10.1. The van der Waals surface area contributed by atoms with Gasteiger partial charge in [-0.1, -0.05) is 36.4 Å². The number of anilines is 2. The molecule has 0 aliphatic carbocycles. The van der Waals surface area contributed by atoms with Gasteiger partial charge >= 0.3 is 6.03 Å². The fourth-order valence-electron chi connectivity index (χ4n) is 2.54. The summed E-state index contributed by atoms with van der Waals surface area (Å²) >= 11 is 0. The molecule has 3 aromatic rings. The van der Waals surface area contributed by atoms with Gasteiger partial charge in [0.25, 0.3) is 0 Å². The molecule has 0 saturated carbocycles. The number of nitrogens with one attached hydrogen (secondary N) is 2. The van der Waals surface area contributed by atoms with Crippen LogP contribution in [0, 0.1) is 6.92 Å². The monoisotopic (exact) mass is 364 g/mol. The number of carbonyl (C=O) groups is 1. The van der Waals surface area contributed by atoms with Gasteiger partial charge in [-0.2, -0.15) is 0 Å². The lowest BCUT2D eigenvalue weighted by Crippen LogP contribution is -2.21. The molecule has 27 heavy (non-hydrogen) atoms. The lowest BCUT2D eigenvalue weighted by molar-refractivity contribution is 0.215. The van der Waals surface area contributed by atoms with Crippen LogP contribution in [0.4, 0.5) is 16.3 Å². The van der Waals surface area contributed by atoms with Gasteiger partial charge in [0.15, 0.2) is 5.82 Å². The smallest absolute Gasteiger partial charge is 0.324 e. The number of aliphatic hydroxyl groups excluding tert-OH is 1. The number of carbonyl (C=O) groups excluding carboxylic acids is 1. The molecule has 1 aromatic heterocycles. The number of methoxy groups -OCH3 is 1. The van der Waals surface area contributed by atoms with Crippen LogP contribution < -0.4 is 15.4 Å². The van der Waals surface area contributed by atoms with Gasteiger partial charge in [0, 0.05) is 0 Å². The van der Waals surface area contributed by atoms with Crippen molar-refractivity contribution in [1.29, 1.82) is 0 Å². The third-order valence-corrected chi connectivity index (χ3v) is 3.91. The molecule has 0 radical (unpaired) electrons. The first-order chi connectivity index (χ1) is 13.1. The quantitative estimate of drug-likeness (QED) is 0.644. The zero-order valence-electron chi connectivity index (χ0n) is 15.0. The minimum absolute atomic E-state index is 0.267. The highest BCUT2D eigenvalue weighted by atomic mass is 16.5. The van der Waals surface area contributed by atoms with Gasteiger partial charge in [-0.3, -0.25) is 10.3 Å². The third-order valence-electron chi connectivity index (χ3n) is 3.91. The van der Waals surface area contributed by atoms with Gasteiger partial charge in [0.05, 0.1) is 30.9 Å². The molecule has 7 nitrogen and oxygen atoms in total. The zero-order valence-corrected chi connectivity index (χ0v) is 15.0. The van der Waals surface area contributed by atoms with E-state index in [4.69, 9.17) is 4.74 Å². The lowest BCUT2D eigenvalue weighted by Gasteiger charge is -2.12. The Morgan fingerprint density at radius 2 is 1.85 bits per heavy atom. The van der Waals surface area contributed by atoms with E-state index in [9.17, 15) is 9.90 Å². The molecule has 1 unspecified atom stereocenters. The second-order valence-electron chi connectivity index (χ2n) is 5.92. The van der Waals surface area contributed by atoms with E-state index in [1.165, 1.54) is 19.5 Å². The van der Waals surface area contributed by atoms with Gasteiger partial charge in [-0.15, -0.1) is 0 Å². The van der Waals surface area contributed by atoms with E-state index >= 15 is 0 Å². The van der Waals surface area contributed by atoms with Crippen LogP contribution in [0.3, 0.4) is 0 Å². The Kier molecular flexibility index (Phi) is 5.63. The molecule has 1 heterocycles. The van der Waals surface area contributed by atoms with Crippen molar-refractivity contribution in [1.82, 2.24) is 9.97 Å². The number of hydrogen-bond donors (Lipinski definition) is 3. The van der Waals surface area contributed by atoms with E-state index in [1.807, 2.05) is 37.3 Å². The number of ether oxygens (including phenoxy) is 1. The van der Waals surface area contributed by atoms with Crippen LogP contribution in [0.5, 0.6) is 5.75 Å². The summed E-state index contributed by atoms with van der Waals surface area (Å²) in [6, 6.07) is 14.2. The molecule has 2 aromatic carbocycles. The number of benzene rings is 2. The predicted octanol–water partition coefficient (Wildman–Crippen LogP) is 3.52. The van der Waals surface area contributed by atoms with Gasteiger partial charge in [-0.25, -0.2) is 9.78 Å². The average molecular weight is 364 g/mol. The summed E-state index contributed by atoms with van der Waals surface area (Å²) in [6.45, 7) is 1.92. The predicted molar refractivity (Wildman–Crippen MR) is 103 cm³/mol. The molecule has 0 saturated heterocycles. The minimum atomic E-state index is -0.877. The molecule has 138 valence electrons. The fourth-order valence-corrected chi connectivity index (χ4v) is 2.54. The largest absolute Gasteiger partial charge is 0.495 e. The topological polar surface area (TPSA) is 96.4 Å². The molecule has 0 bridgehead atoms. The number of urea groups is 1. The van der Waals surface area contributed by atoms with Crippen molar-refractivity contribution < 1.29 is 14.6 Å². The molecule has 0 aliphatic heterocycles. The van der Waals surface area contributed by atoms with Crippen molar-refractivity contribution in [3.63, 3.8) is 0 Å². The molecule has 1 atom stereocenters. The molecule has 3 rings (SSSR count). The Labute approximate surface area is 157 Å². The maximum absolute atomic E-state index is 12.2. The van der Waals surface area contributed by atoms with Gasteiger partial charge in [0.1, 0.15) is 11.9 Å². The summed E-state index contributed by atoms with van der Waals surface area (Å²) in [5.41, 5.74) is 2.66. The van der Waals surface area contributed by atoms with E-state index in [-0.39, 0.29) is 5.82 Å². The zero-order chi connectivity index (χ0) is 19.2. The molecular weight excluding hydrogens is 344 g/mol. The van der Waals surface area contributed by atoms with Crippen molar-refractivity contribution in [2.45, 2.75) is 13.0 Å². The highest BCUT2D eigenvalue weighted by Gasteiger charge is 2.13. The normalized spacial score (nSPS) is 11.5. The van der Waals surface area contributed by atoms with Crippen molar-refractivity contribution >= 4 is 17.5 Å². The minimum Gasteiger partial charge on any atom is -0.495 e. The summed E-state index contributed by atoms with van der Waals surface area (Å²) in [5, 5.41) is 15.7. The number of amides is 2. The molecule has 2 amide bonds. The fraction of sp³-hybridized carbons (Fsp3) is 0.150. The van der Waals surface area contributed by atoms with Crippen molar-refractivity contribution in [3.05, 3.63) is 77.7 Å². The molecular formula is C20H20N4O3. The van der Waals surface area contributed by atoms with E-state index in [0.717, 1.165) is 11.1 Å². The maximum Gasteiger partial charge on any atom is 0.324 e. The second kappa shape index (κ2) is 8.29. The number of aryl methyl sites for hydroxylation is 1. The number of rotatable bonds is 5. The van der Waals surface area contributed by atoms with Gasteiger partial charge in [0.2, 0.25) is 0 Å². The van der Waals surface area contributed by atoms with Crippen molar-refractivity contribution in [3.8, 4) is 5.75 Å². The summed E-state index contributed by atoms with van der Waals surface area (Å²) in [5.74, 6) is 0.825. The summed E-state index contributed by atoms with van der Waals surface area (Å²) in [6.07, 6.45) is 1.95. The Morgan fingerprint density at radius 3 is 2.52 bits per heavy atom. The van der Waals surface area contributed by atoms with Crippen LogP contribution in [0.25, 0.3) is 0 Å². The van der Waals surface area contributed by atoms with E-state index in [1.54, 1.807) is 18.2 Å². The van der Waals surface area contributed by atoms with Crippen molar-refractivity contribution in [2.75, 3.05) is 17.7 Å². The first kappa shape index (κ1) is 18.3. The summed E-state index contributed by atoms with van der Waals surface area (Å²) in [7, 11) is 1.54. The first-order valence-electron chi connectivity index (χ1n) is 8.34. The first-order valence-corrected chi connectivity index (χ1v) is 8.34.